The summed E-state index contributed by atoms with van der Waals surface area (Å²) in [5, 5.41) is 1.16. The van der Waals surface area contributed by atoms with Gasteiger partial charge in [-0.1, -0.05) is 36.7 Å². The molecule has 1 heterocycles. The number of fused-ring (bicyclic) bond motifs is 1. The molecule has 0 fully saturated rings. The molecule has 1 nitrogen and oxygen atoms in total. The molecule has 0 bridgehead atoms. The van der Waals surface area contributed by atoms with Crippen LogP contribution in [0.5, 0.6) is 0 Å². The summed E-state index contributed by atoms with van der Waals surface area (Å²) < 4.78 is 6.86. The Bertz CT molecular complexity index is 463. The van der Waals surface area contributed by atoms with Crippen LogP contribution in [0, 0.1) is 0 Å². The Hall–Kier alpha value is -0.760. The maximum atomic E-state index is 5.77. The standard InChI is InChI=1S/C12H13BrO/c1-12(2,3)11-7-8-6-9(13)4-5-10(8)14-11/h4-7H,1-3H3. The van der Waals surface area contributed by atoms with Crippen LogP contribution in [0.2, 0.25) is 0 Å². The van der Waals surface area contributed by atoms with E-state index < -0.39 is 0 Å². The zero-order valence-corrected chi connectivity index (χ0v) is 10.2. The summed E-state index contributed by atoms with van der Waals surface area (Å²) in [5.41, 5.74) is 1.03. The average molecular weight is 253 g/mol. The van der Waals surface area contributed by atoms with Crippen molar-refractivity contribution in [2.24, 2.45) is 0 Å². The first-order valence-electron chi connectivity index (χ1n) is 4.66. The van der Waals surface area contributed by atoms with E-state index in [0.717, 1.165) is 21.2 Å². The van der Waals surface area contributed by atoms with Gasteiger partial charge in [0, 0.05) is 15.3 Å². The molecule has 2 aromatic rings. The molecule has 0 atom stereocenters. The summed E-state index contributed by atoms with van der Waals surface area (Å²) >= 11 is 3.45. The minimum Gasteiger partial charge on any atom is -0.461 e. The smallest absolute Gasteiger partial charge is 0.134 e. The monoisotopic (exact) mass is 252 g/mol. The van der Waals surface area contributed by atoms with Crippen molar-refractivity contribution in [3.63, 3.8) is 0 Å². The van der Waals surface area contributed by atoms with Crippen LogP contribution in [0.1, 0.15) is 26.5 Å². The van der Waals surface area contributed by atoms with E-state index in [-0.39, 0.29) is 5.41 Å². The van der Waals surface area contributed by atoms with Crippen LogP contribution in [0.3, 0.4) is 0 Å². The Balaban J connectivity index is 2.63. The second kappa shape index (κ2) is 3.13. The first-order valence-corrected chi connectivity index (χ1v) is 5.46. The van der Waals surface area contributed by atoms with E-state index in [0.29, 0.717) is 0 Å². The SMILES string of the molecule is CC(C)(C)c1cc2cc(Br)ccc2o1. The molecule has 2 heteroatoms. The molecule has 0 saturated heterocycles. The van der Waals surface area contributed by atoms with Gasteiger partial charge in [-0.15, -0.1) is 0 Å². The summed E-state index contributed by atoms with van der Waals surface area (Å²) in [6.07, 6.45) is 0. The summed E-state index contributed by atoms with van der Waals surface area (Å²) in [5.74, 6) is 1.03. The van der Waals surface area contributed by atoms with E-state index in [2.05, 4.69) is 48.8 Å². The van der Waals surface area contributed by atoms with E-state index in [9.17, 15) is 0 Å². The molecule has 0 unspecified atom stereocenters. The molecule has 2 rings (SSSR count). The maximum absolute atomic E-state index is 5.77. The molecule has 0 spiro atoms. The first-order chi connectivity index (χ1) is 6.47. The van der Waals surface area contributed by atoms with Crippen molar-refractivity contribution in [1.29, 1.82) is 0 Å². The van der Waals surface area contributed by atoms with Crippen LogP contribution in [0.4, 0.5) is 0 Å². The fourth-order valence-electron chi connectivity index (χ4n) is 1.38. The number of hydrogen-bond donors (Lipinski definition) is 0. The Morgan fingerprint density at radius 3 is 2.50 bits per heavy atom. The molecule has 74 valence electrons. The van der Waals surface area contributed by atoms with Gasteiger partial charge in [-0.25, -0.2) is 0 Å². The Labute approximate surface area is 92.2 Å². The molecule has 0 saturated carbocycles. The van der Waals surface area contributed by atoms with Crippen molar-refractivity contribution in [2.45, 2.75) is 26.2 Å². The predicted molar refractivity (Wildman–Crippen MR) is 62.6 cm³/mol. The highest BCUT2D eigenvalue weighted by Gasteiger charge is 2.18. The first kappa shape index (κ1) is 9.78. The van der Waals surface area contributed by atoms with E-state index in [1.165, 1.54) is 0 Å². The van der Waals surface area contributed by atoms with Gasteiger partial charge in [0.15, 0.2) is 0 Å². The number of furan rings is 1. The molecular weight excluding hydrogens is 240 g/mol. The second-order valence-electron chi connectivity index (χ2n) is 4.54. The molecule has 0 aliphatic carbocycles. The number of halogens is 1. The second-order valence-corrected chi connectivity index (χ2v) is 5.46. The topological polar surface area (TPSA) is 13.1 Å². The van der Waals surface area contributed by atoms with Crippen LogP contribution in [-0.4, -0.2) is 0 Å². The summed E-state index contributed by atoms with van der Waals surface area (Å²) in [6, 6.07) is 8.18. The third-order valence-corrected chi connectivity index (χ3v) is 2.71. The van der Waals surface area contributed by atoms with E-state index in [1.54, 1.807) is 0 Å². The van der Waals surface area contributed by atoms with Crippen LogP contribution in [0.25, 0.3) is 11.0 Å². The minimum atomic E-state index is 0.0749. The van der Waals surface area contributed by atoms with Gasteiger partial charge in [-0.3, -0.25) is 0 Å². The number of benzene rings is 1. The highest BCUT2D eigenvalue weighted by atomic mass is 79.9. The van der Waals surface area contributed by atoms with Crippen molar-refractivity contribution >= 4 is 26.9 Å². The molecule has 0 amide bonds. The lowest BCUT2D eigenvalue weighted by Gasteiger charge is -2.13. The Morgan fingerprint density at radius 2 is 1.86 bits per heavy atom. The molecule has 1 aromatic heterocycles. The van der Waals surface area contributed by atoms with Crippen molar-refractivity contribution < 1.29 is 4.42 Å². The number of hydrogen-bond acceptors (Lipinski definition) is 1. The lowest BCUT2D eigenvalue weighted by molar-refractivity contribution is 0.430. The van der Waals surface area contributed by atoms with Crippen molar-refractivity contribution in [3.05, 3.63) is 34.5 Å². The largest absolute Gasteiger partial charge is 0.461 e. The van der Waals surface area contributed by atoms with E-state index in [4.69, 9.17) is 4.42 Å². The molecule has 0 aliphatic rings. The highest BCUT2D eigenvalue weighted by molar-refractivity contribution is 9.10. The van der Waals surface area contributed by atoms with Crippen LogP contribution in [0.15, 0.2) is 33.2 Å². The maximum Gasteiger partial charge on any atom is 0.134 e. The van der Waals surface area contributed by atoms with Gasteiger partial charge in [0.2, 0.25) is 0 Å². The highest BCUT2D eigenvalue weighted by Crippen LogP contribution is 2.30. The zero-order chi connectivity index (χ0) is 10.3. The third-order valence-electron chi connectivity index (χ3n) is 2.22. The summed E-state index contributed by atoms with van der Waals surface area (Å²) in [6.45, 7) is 6.46. The van der Waals surface area contributed by atoms with E-state index >= 15 is 0 Å². The molecule has 1 aromatic carbocycles. The molecular formula is C12H13BrO. The molecule has 0 radical (unpaired) electrons. The molecule has 14 heavy (non-hydrogen) atoms. The van der Waals surface area contributed by atoms with E-state index in [1.807, 2.05) is 12.1 Å². The van der Waals surface area contributed by atoms with Gasteiger partial charge >= 0.3 is 0 Å². The fraction of sp³-hybridized carbons (Fsp3) is 0.333. The van der Waals surface area contributed by atoms with Gasteiger partial charge in [0.25, 0.3) is 0 Å². The quantitative estimate of drug-likeness (QED) is 0.674. The van der Waals surface area contributed by atoms with Crippen molar-refractivity contribution in [2.75, 3.05) is 0 Å². The summed E-state index contributed by atoms with van der Waals surface area (Å²) in [4.78, 5) is 0. The van der Waals surface area contributed by atoms with Gasteiger partial charge in [-0.2, -0.15) is 0 Å². The van der Waals surface area contributed by atoms with Crippen molar-refractivity contribution in [1.82, 2.24) is 0 Å². The van der Waals surface area contributed by atoms with Crippen LogP contribution >= 0.6 is 15.9 Å². The van der Waals surface area contributed by atoms with Crippen LogP contribution < -0.4 is 0 Å². The van der Waals surface area contributed by atoms with Gasteiger partial charge in [-0.05, 0) is 24.3 Å². The normalized spacial score (nSPS) is 12.3. The average Bonchev–Trinajstić information content (AvgIpc) is 2.45. The Morgan fingerprint density at radius 1 is 1.14 bits per heavy atom. The van der Waals surface area contributed by atoms with Crippen LogP contribution in [-0.2, 0) is 5.41 Å². The van der Waals surface area contributed by atoms with Gasteiger partial charge in [0.1, 0.15) is 11.3 Å². The van der Waals surface area contributed by atoms with Gasteiger partial charge < -0.3 is 4.42 Å². The lowest BCUT2D eigenvalue weighted by Crippen LogP contribution is -2.08. The molecule has 0 aliphatic heterocycles. The number of rotatable bonds is 0. The van der Waals surface area contributed by atoms with Gasteiger partial charge in [0.05, 0.1) is 0 Å². The predicted octanol–water partition coefficient (Wildman–Crippen LogP) is 4.49. The summed E-state index contributed by atoms with van der Waals surface area (Å²) in [7, 11) is 0. The lowest BCUT2D eigenvalue weighted by atomic mass is 9.93. The Kier molecular flexibility index (Phi) is 2.18. The minimum absolute atomic E-state index is 0.0749. The third kappa shape index (κ3) is 1.71. The zero-order valence-electron chi connectivity index (χ0n) is 8.60. The fourth-order valence-corrected chi connectivity index (χ4v) is 1.76. The molecule has 0 N–H and O–H groups in total. The van der Waals surface area contributed by atoms with Crippen molar-refractivity contribution in [3.8, 4) is 0 Å².